The Kier molecular flexibility index (Phi) is 6.48. The zero-order chi connectivity index (χ0) is 13.4. The number of hydrogen-bond donors (Lipinski definition) is 0. The van der Waals surface area contributed by atoms with Gasteiger partial charge < -0.3 is 4.74 Å². The Hall–Kier alpha value is -1.31. The lowest BCUT2D eigenvalue weighted by molar-refractivity contribution is -0.150. The van der Waals surface area contributed by atoms with Crippen molar-refractivity contribution in [2.24, 2.45) is 0 Å². The van der Waals surface area contributed by atoms with Crippen molar-refractivity contribution in [3.8, 4) is 0 Å². The molecule has 0 spiro atoms. The van der Waals surface area contributed by atoms with E-state index in [2.05, 4.69) is 6.92 Å². The van der Waals surface area contributed by atoms with E-state index in [-0.39, 0.29) is 18.0 Å². The molecule has 18 heavy (non-hydrogen) atoms. The second-order valence-electron chi connectivity index (χ2n) is 4.88. The number of hydrogen-bond acceptors (Lipinski definition) is 2. The number of carbonyl (C=O) groups is 1. The monoisotopic (exact) mass is 248 g/mol. The molecule has 1 rings (SSSR count). The van der Waals surface area contributed by atoms with Crippen LogP contribution in [-0.2, 0) is 9.53 Å². The molecular weight excluding hydrogens is 224 g/mol. The van der Waals surface area contributed by atoms with Gasteiger partial charge in [-0.3, -0.25) is 4.79 Å². The van der Waals surface area contributed by atoms with Crippen LogP contribution < -0.4 is 0 Å². The SMILES string of the molecule is CCCCC[C@@H](C)OC(=O)[C@H](C)c1ccccc1. The molecule has 2 nitrogen and oxygen atoms in total. The van der Waals surface area contributed by atoms with Gasteiger partial charge in [0.25, 0.3) is 0 Å². The van der Waals surface area contributed by atoms with Crippen LogP contribution in [0.5, 0.6) is 0 Å². The number of unbranched alkanes of at least 4 members (excludes halogenated alkanes) is 2. The minimum atomic E-state index is -0.181. The topological polar surface area (TPSA) is 26.3 Å². The fraction of sp³-hybridized carbons (Fsp3) is 0.562. The Bertz CT molecular complexity index is 345. The summed E-state index contributed by atoms with van der Waals surface area (Å²) in [6.07, 6.45) is 4.51. The standard InChI is InChI=1S/C16H24O2/c1-4-5-7-10-13(2)18-16(17)14(3)15-11-8-6-9-12-15/h6,8-9,11-14H,4-5,7,10H2,1-3H3/t13-,14-/m1/s1. The maximum atomic E-state index is 12.0. The molecule has 0 radical (unpaired) electrons. The van der Waals surface area contributed by atoms with Crippen LogP contribution in [-0.4, -0.2) is 12.1 Å². The van der Waals surface area contributed by atoms with E-state index in [0.717, 1.165) is 18.4 Å². The van der Waals surface area contributed by atoms with E-state index in [1.54, 1.807) is 0 Å². The van der Waals surface area contributed by atoms with Gasteiger partial charge in [-0.1, -0.05) is 50.1 Å². The van der Waals surface area contributed by atoms with Crippen molar-refractivity contribution in [1.29, 1.82) is 0 Å². The van der Waals surface area contributed by atoms with Crippen LogP contribution in [0.2, 0.25) is 0 Å². The number of benzene rings is 1. The van der Waals surface area contributed by atoms with E-state index >= 15 is 0 Å². The number of carbonyl (C=O) groups excluding carboxylic acids is 1. The summed E-state index contributed by atoms with van der Waals surface area (Å²) in [6, 6.07) is 9.78. The lowest BCUT2D eigenvalue weighted by Gasteiger charge is -2.17. The van der Waals surface area contributed by atoms with Crippen molar-refractivity contribution < 1.29 is 9.53 Å². The van der Waals surface area contributed by atoms with Gasteiger partial charge in [0.15, 0.2) is 0 Å². The molecule has 0 N–H and O–H groups in total. The molecule has 0 saturated carbocycles. The predicted octanol–water partition coefficient (Wildman–Crippen LogP) is 4.30. The van der Waals surface area contributed by atoms with Crippen molar-refractivity contribution in [3.05, 3.63) is 35.9 Å². The highest BCUT2D eigenvalue weighted by Crippen LogP contribution is 2.18. The Labute approximate surface area is 110 Å². The van der Waals surface area contributed by atoms with Crippen LogP contribution in [0, 0.1) is 0 Å². The molecule has 2 atom stereocenters. The average molecular weight is 248 g/mol. The van der Waals surface area contributed by atoms with Crippen molar-refractivity contribution >= 4 is 5.97 Å². The van der Waals surface area contributed by atoms with Crippen molar-refractivity contribution in [2.45, 2.75) is 58.5 Å². The van der Waals surface area contributed by atoms with Gasteiger partial charge in [0, 0.05) is 0 Å². The van der Waals surface area contributed by atoms with Crippen LogP contribution in [0.25, 0.3) is 0 Å². The smallest absolute Gasteiger partial charge is 0.313 e. The number of ether oxygens (including phenoxy) is 1. The van der Waals surface area contributed by atoms with Gasteiger partial charge in [-0.2, -0.15) is 0 Å². The second kappa shape index (κ2) is 7.91. The largest absolute Gasteiger partial charge is 0.462 e. The fourth-order valence-electron chi connectivity index (χ4n) is 1.92. The van der Waals surface area contributed by atoms with Gasteiger partial charge in [-0.15, -0.1) is 0 Å². The van der Waals surface area contributed by atoms with Crippen LogP contribution in [0.3, 0.4) is 0 Å². The van der Waals surface area contributed by atoms with Gasteiger partial charge in [-0.05, 0) is 32.3 Å². The Balaban J connectivity index is 2.40. The molecule has 0 bridgehead atoms. The summed E-state index contributed by atoms with van der Waals surface area (Å²) in [5.74, 6) is -0.301. The van der Waals surface area contributed by atoms with Crippen LogP contribution in [0.4, 0.5) is 0 Å². The maximum Gasteiger partial charge on any atom is 0.313 e. The van der Waals surface area contributed by atoms with E-state index in [0.29, 0.717) is 0 Å². The molecule has 0 amide bonds. The van der Waals surface area contributed by atoms with E-state index < -0.39 is 0 Å². The maximum absolute atomic E-state index is 12.0. The minimum absolute atomic E-state index is 0.0233. The Morgan fingerprint density at radius 2 is 1.83 bits per heavy atom. The van der Waals surface area contributed by atoms with E-state index in [4.69, 9.17) is 4.74 Å². The summed E-state index contributed by atoms with van der Waals surface area (Å²) in [4.78, 5) is 12.0. The molecule has 1 aromatic rings. The third kappa shape index (κ3) is 4.91. The molecule has 100 valence electrons. The molecule has 0 aliphatic heterocycles. The van der Waals surface area contributed by atoms with E-state index in [9.17, 15) is 4.79 Å². The molecule has 0 saturated heterocycles. The molecular formula is C16H24O2. The molecule has 0 aromatic heterocycles. The quantitative estimate of drug-likeness (QED) is 0.531. The summed E-state index contributed by atoms with van der Waals surface area (Å²) in [7, 11) is 0. The predicted molar refractivity (Wildman–Crippen MR) is 74.6 cm³/mol. The fourth-order valence-corrected chi connectivity index (χ4v) is 1.92. The van der Waals surface area contributed by atoms with Crippen LogP contribution in [0.1, 0.15) is 57.9 Å². The molecule has 0 aliphatic carbocycles. The van der Waals surface area contributed by atoms with Gasteiger partial charge >= 0.3 is 5.97 Å². The lowest BCUT2D eigenvalue weighted by atomic mass is 10.0. The second-order valence-corrected chi connectivity index (χ2v) is 4.88. The minimum Gasteiger partial charge on any atom is -0.462 e. The molecule has 0 aliphatic rings. The van der Waals surface area contributed by atoms with Gasteiger partial charge in [0.05, 0.1) is 12.0 Å². The summed E-state index contributed by atoms with van der Waals surface area (Å²) in [6.45, 7) is 6.05. The molecule has 0 unspecified atom stereocenters. The van der Waals surface area contributed by atoms with Crippen LogP contribution >= 0.6 is 0 Å². The summed E-state index contributed by atoms with van der Waals surface area (Å²) >= 11 is 0. The molecule has 2 heteroatoms. The summed E-state index contributed by atoms with van der Waals surface area (Å²) < 4.78 is 5.47. The van der Waals surface area contributed by atoms with Gasteiger partial charge in [-0.25, -0.2) is 0 Å². The highest BCUT2D eigenvalue weighted by molar-refractivity contribution is 5.77. The average Bonchev–Trinajstić information content (AvgIpc) is 2.39. The first kappa shape index (κ1) is 14.7. The highest BCUT2D eigenvalue weighted by atomic mass is 16.5. The van der Waals surface area contributed by atoms with Gasteiger partial charge in [0.2, 0.25) is 0 Å². The number of rotatable bonds is 7. The first-order valence-corrected chi connectivity index (χ1v) is 6.90. The zero-order valence-electron chi connectivity index (χ0n) is 11.7. The first-order chi connectivity index (χ1) is 8.65. The lowest BCUT2D eigenvalue weighted by Crippen LogP contribution is -2.19. The summed E-state index contributed by atoms with van der Waals surface area (Å²) in [5.41, 5.74) is 1.02. The Morgan fingerprint density at radius 1 is 1.17 bits per heavy atom. The van der Waals surface area contributed by atoms with E-state index in [1.807, 2.05) is 44.2 Å². The van der Waals surface area contributed by atoms with E-state index in [1.165, 1.54) is 12.8 Å². The summed E-state index contributed by atoms with van der Waals surface area (Å²) in [5, 5.41) is 0. The highest BCUT2D eigenvalue weighted by Gasteiger charge is 2.18. The van der Waals surface area contributed by atoms with Crippen molar-refractivity contribution in [2.75, 3.05) is 0 Å². The third-order valence-electron chi connectivity index (χ3n) is 3.18. The van der Waals surface area contributed by atoms with Crippen LogP contribution in [0.15, 0.2) is 30.3 Å². The third-order valence-corrected chi connectivity index (χ3v) is 3.18. The van der Waals surface area contributed by atoms with Crippen molar-refractivity contribution in [1.82, 2.24) is 0 Å². The Morgan fingerprint density at radius 3 is 2.44 bits per heavy atom. The zero-order valence-corrected chi connectivity index (χ0v) is 11.7. The molecule has 0 heterocycles. The van der Waals surface area contributed by atoms with Crippen molar-refractivity contribution in [3.63, 3.8) is 0 Å². The van der Waals surface area contributed by atoms with Gasteiger partial charge in [0.1, 0.15) is 0 Å². The first-order valence-electron chi connectivity index (χ1n) is 6.90. The number of esters is 1. The normalized spacial score (nSPS) is 13.9. The molecule has 1 aromatic carbocycles. The molecule has 0 fully saturated rings.